The maximum atomic E-state index is 15.0. The van der Waals surface area contributed by atoms with E-state index in [4.69, 9.17) is 0 Å². The van der Waals surface area contributed by atoms with E-state index in [1.54, 1.807) is 6.07 Å². The highest BCUT2D eigenvalue weighted by atomic mass is 19.1. The first kappa shape index (κ1) is 23.5. The molecule has 37 heavy (non-hydrogen) atoms. The number of anilines is 2. The predicted molar refractivity (Wildman–Crippen MR) is 140 cm³/mol. The van der Waals surface area contributed by atoms with Crippen LogP contribution in [0.5, 0.6) is 0 Å². The summed E-state index contributed by atoms with van der Waals surface area (Å²) in [5, 5.41) is 7.62. The van der Waals surface area contributed by atoms with Gasteiger partial charge in [0, 0.05) is 35.8 Å². The first-order valence-corrected chi connectivity index (χ1v) is 12.5. The average Bonchev–Trinajstić information content (AvgIpc) is 3.59. The number of nitrogens with one attached hydrogen (secondary N) is 2. The van der Waals surface area contributed by atoms with Crippen molar-refractivity contribution in [1.29, 1.82) is 0 Å². The van der Waals surface area contributed by atoms with Gasteiger partial charge in [-0.15, -0.1) is 0 Å². The van der Waals surface area contributed by atoms with Crippen molar-refractivity contribution in [1.82, 2.24) is 34.4 Å². The van der Waals surface area contributed by atoms with Gasteiger partial charge in [0.05, 0.1) is 23.4 Å². The van der Waals surface area contributed by atoms with Crippen LogP contribution in [-0.2, 0) is 6.54 Å². The lowest BCUT2D eigenvalue weighted by Gasteiger charge is -2.13. The SMILES string of the molecule is Cc1nc2c(F)cc(-c3nc(Nc4cc5ccn(CC6CCCN6)c5cn4)ncc3F)cc2n1C(C)C. The zero-order valence-electron chi connectivity index (χ0n) is 21.0. The first-order chi connectivity index (χ1) is 17.9. The Balaban J connectivity index is 1.31. The van der Waals surface area contributed by atoms with Crippen LogP contribution in [0, 0.1) is 18.6 Å². The Morgan fingerprint density at radius 3 is 2.73 bits per heavy atom. The van der Waals surface area contributed by atoms with Crippen LogP contribution >= 0.6 is 0 Å². The number of pyridine rings is 1. The lowest BCUT2D eigenvalue weighted by atomic mass is 10.1. The molecule has 2 N–H and O–H groups in total. The second-order valence-corrected chi connectivity index (χ2v) is 9.85. The van der Waals surface area contributed by atoms with Crippen molar-refractivity contribution >= 4 is 33.7 Å². The summed E-state index contributed by atoms with van der Waals surface area (Å²) < 4.78 is 33.9. The molecule has 4 aromatic heterocycles. The summed E-state index contributed by atoms with van der Waals surface area (Å²) in [4.78, 5) is 17.3. The molecule has 0 bridgehead atoms. The number of aryl methyl sites for hydroxylation is 1. The topological polar surface area (TPSA) is 85.5 Å². The molecule has 0 spiro atoms. The van der Waals surface area contributed by atoms with E-state index < -0.39 is 11.6 Å². The van der Waals surface area contributed by atoms with Gasteiger partial charge in [-0.3, -0.25) is 0 Å². The zero-order valence-corrected chi connectivity index (χ0v) is 21.0. The highest BCUT2D eigenvalue weighted by Crippen LogP contribution is 2.30. The van der Waals surface area contributed by atoms with Crippen molar-refractivity contribution < 1.29 is 8.78 Å². The molecule has 5 aromatic rings. The van der Waals surface area contributed by atoms with Crippen LogP contribution < -0.4 is 10.6 Å². The van der Waals surface area contributed by atoms with Gasteiger partial charge in [0.1, 0.15) is 22.9 Å². The van der Waals surface area contributed by atoms with Gasteiger partial charge in [0.25, 0.3) is 0 Å². The smallest absolute Gasteiger partial charge is 0.229 e. The van der Waals surface area contributed by atoms with Crippen LogP contribution in [0.15, 0.2) is 42.9 Å². The molecule has 0 radical (unpaired) electrons. The molecule has 6 rings (SSSR count). The molecule has 1 aromatic carbocycles. The minimum Gasteiger partial charge on any atom is -0.345 e. The van der Waals surface area contributed by atoms with Gasteiger partial charge >= 0.3 is 0 Å². The van der Waals surface area contributed by atoms with Crippen LogP contribution in [0.25, 0.3) is 33.2 Å². The maximum Gasteiger partial charge on any atom is 0.229 e. The Labute approximate surface area is 212 Å². The monoisotopic (exact) mass is 502 g/mol. The molecule has 0 aliphatic carbocycles. The minimum atomic E-state index is -0.641. The lowest BCUT2D eigenvalue weighted by Crippen LogP contribution is -2.26. The molecule has 1 unspecified atom stereocenters. The molecule has 10 heteroatoms. The Bertz CT molecular complexity index is 1610. The number of hydrogen-bond donors (Lipinski definition) is 2. The predicted octanol–water partition coefficient (Wildman–Crippen LogP) is 5.51. The van der Waals surface area contributed by atoms with E-state index in [0.29, 0.717) is 28.8 Å². The minimum absolute atomic E-state index is 0.00348. The first-order valence-electron chi connectivity index (χ1n) is 12.5. The maximum absolute atomic E-state index is 15.0. The number of imidazole rings is 1. The van der Waals surface area contributed by atoms with Crippen molar-refractivity contribution in [2.75, 3.05) is 11.9 Å². The molecule has 0 saturated carbocycles. The zero-order chi connectivity index (χ0) is 25.7. The standard InChI is InChI=1S/C27H28F2N8/c1-15(2)37-16(3)33-26-20(28)9-18(10-22(26)37)25-21(29)12-32-27(35-25)34-24-11-17-6-8-36(23(17)13-31-24)14-19-5-4-7-30-19/h6,8-13,15,19,30H,4-5,7,14H2,1-3H3,(H,31,32,34,35). The van der Waals surface area contributed by atoms with E-state index >= 15 is 0 Å². The van der Waals surface area contributed by atoms with Crippen LogP contribution in [0.3, 0.4) is 0 Å². The number of nitrogens with zero attached hydrogens (tertiary/aromatic N) is 6. The molecular weight excluding hydrogens is 474 g/mol. The molecule has 1 atom stereocenters. The molecule has 1 fully saturated rings. The quantitative estimate of drug-likeness (QED) is 0.319. The molecule has 190 valence electrons. The molecule has 0 amide bonds. The number of rotatable bonds is 6. The van der Waals surface area contributed by atoms with Crippen molar-refractivity contribution in [2.24, 2.45) is 0 Å². The summed E-state index contributed by atoms with van der Waals surface area (Å²) in [6.45, 7) is 7.79. The number of hydrogen-bond acceptors (Lipinski definition) is 6. The average molecular weight is 503 g/mol. The largest absolute Gasteiger partial charge is 0.345 e. The van der Waals surface area contributed by atoms with Gasteiger partial charge in [-0.05, 0) is 64.4 Å². The normalized spacial score (nSPS) is 15.9. The second kappa shape index (κ2) is 9.19. The van der Waals surface area contributed by atoms with E-state index in [2.05, 4.69) is 41.3 Å². The second-order valence-electron chi connectivity index (χ2n) is 9.85. The number of halogens is 2. The number of fused-ring (bicyclic) bond motifs is 2. The molecule has 8 nitrogen and oxygen atoms in total. The Morgan fingerprint density at radius 2 is 1.95 bits per heavy atom. The highest BCUT2D eigenvalue weighted by molar-refractivity contribution is 5.84. The van der Waals surface area contributed by atoms with Gasteiger partial charge in [0.15, 0.2) is 11.6 Å². The van der Waals surface area contributed by atoms with E-state index in [0.717, 1.165) is 30.2 Å². The summed E-state index contributed by atoms with van der Waals surface area (Å²) in [5.74, 6) is 0.245. The van der Waals surface area contributed by atoms with E-state index in [9.17, 15) is 8.78 Å². The summed E-state index contributed by atoms with van der Waals surface area (Å²) in [7, 11) is 0. The highest BCUT2D eigenvalue weighted by Gasteiger charge is 2.19. The fraction of sp³-hybridized carbons (Fsp3) is 0.333. The summed E-state index contributed by atoms with van der Waals surface area (Å²) in [6.07, 6.45) is 7.35. The third-order valence-corrected chi connectivity index (χ3v) is 6.94. The number of aromatic nitrogens is 6. The van der Waals surface area contributed by atoms with E-state index in [1.165, 1.54) is 18.9 Å². The van der Waals surface area contributed by atoms with Gasteiger partial charge in [-0.25, -0.2) is 28.7 Å². The molecule has 1 aliphatic heterocycles. The van der Waals surface area contributed by atoms with Crippen molar-refractivity contribution in [2.45, 2.75) is 52.2 Å². The molecular formula is C27H28F2N8. The lowest BCUT2D eigenvalue weighted by molar-refractivity contribution is 0.519. The Morgan fingerprint density at radius 1 is 1.08 bits per heavy atom. The molecule has 1 saturated heterocycles. The summed E-state index contributed by atoms with van der Waals surface area (Å²) in [6, 6.07) is 7.49. The molecule has 5 heterocycles. The van der Waals surface area contributed by atoms with E-state index in [1.807, 2.05) is 43.7 Å². The fourth-order valence-corrected chi connectivity index (χ4v) is 5.27. The van der Waals surface area contributed by atoms with Crippen molar-refractivity contribution in [3.05, 3.63) is 60.3 Å². The van der Waals surface area contributed by atoms with Crippen molar-refractivity contribution in [3.63, 3.8) is 0 Å². The van der Waals surface area contributed by atoms with Crippen LogP contribution in [0.4, 0.5) is 20.5 Å². The van der Waals surface area contributed by atoms with Crippen LogP contribution in [0.1, 0.15) is 38.6 Å². The van der Waals surface area contributed by atoms with Crippen LogP contribution in [-0.4, -0.2) is 41.7 Å². The third kappa shape index (κ3) is 4.31. The fourth-order valence-electron chi connectivity index (χ4n) is 5.27. The molecule has 1 aliphatic rings. The summed E-state index contributed by atoms with van der Waals surface area (Å²) in [5.41, 5.74) is 2.22. The Hall–Kier alpha value is -3.92. The summed E-state index contributed by atoms with van der Waals surface area (Å²) >= 11 is 0. The van der Waals surface area contributed by atoms with Gasteiger partial charge in [-0.2, -0.15) is 0 Å². The van der Waals surface area contributed by atoms with Crippen molar-refractivity contribution in [3.8, 4) is 11.3 Å². The van der Waals surface area contributed by atoms with Gasteiger partial charge < -0.3 is 19.8 Å². The third-order valence-electron chi connectivity index (χ3n) is 6.94. The Kier molecular flexibility index (Phi) is 5.83. The number of benzene rings is 1. The van der Waals surface area contributed by atoms with E-state index in [-0.39, 0.29) is 23.2 Å². The van der Waals surface area contributed by atoms with Gasteiger partial charge in [-0.1, -0.05) is 0 Å². The van der Waals surface area contributed by atoms with Crippen LogP contribution in [0.2, 0.25) is 0 Å². The van der Waals surface area contributed by atoms with Gasteiger partial charge in [0.2, 0.25) is 5.95 Å².